The number of amides is 1. The summed E-state index contributed by atoms with van der Waals surface area (Å²) >= 11 is 0. The fourth-order valence-corrected chi connectivity index (χ4v) is 3.87. The third kappa shape index (κ3) is 5.30. The molecule has 2 aromatic rings. The minimum atomic E-state index is -1.38. The van der Waals surface area contributed by atoms with Gasteiger partial charge in [-0.3, -0.25) is 9.59 Å². The van der Waals surface area contributed by atoms with E-state index in [0.717, 1.165) is 0 Å². The molecule has 176 valence electrons. The first-order chi connectivity index (χ1) is 15.8. The standard InChI is InChI=1S/C24H24F3NO5/c1-4-33-24(30)22(17-10-15(31-2)7-8-21(17)32-3)13-5-6-14(9-13)28-23(29)16-11-19(26)20(27)12-18(16)25/h5-8,10-14,22H,4,9H2,1-3H3,(H,28,29)/t13-,14+,22-/m0/s1. The van der Waals surface area contributed by atoms with Crippen molar-refractivity contribution in [1.82, 2.24) is 5.32 Å². The van der Waals surface area contributed by atoms with E-state index in [4.69, 9.17) is 14.2 Å². The molecule has 0 aromatic heterocycles. The Morgan fingerprint density at radius 2 is 1.76 bits per heavy atom. The quantitative estimate of drug-likeness (QED) is 0.362. The van der Waals surface area contributed by atoms with Gasteiger partial charge in [-0.2, -0.15) is 0 Å². The number of hydrogen-bond donors (Lipinski definition) is 1. The summed E-state index contributed by atoms with van der Waals surface area (Å²) in [4.78, 5) is 25.3. The SMILES string of the molecule is CCOC(=O)[C@H](c1cc(OC)ccc1OC)[C@H]1C=C[C@@H](NC(=O)c2cc(F)c(F)cc2F)C1. The molecule has 0 unspecified atom stereocenters. The van der Waals surface area contributed by atoms with Gasteiger partial charge in [-0.05, 0) is 43.5 Å². The molecule has 0 radical (unpaired) electrons. The lowest BCUT2D eigenvalue weighted by atomic mass is 9.84. The predicted molar refractivity (Wildman–Crippen MR) is 114 cm³/mol. The minimum Gasteiger partial charge on any atom is -0.497 e. The van der Waals surface area contributed by atoms with Crippen LogP contribution in [0.1, 0.15) is 35.2 Å². The molecule has 1 aliphatic rings. The summed E-state index contributed by atoms with van der Waals surface area (Å²) < 4.78 is 56.6. The van der Waals surface area contributed by atoms with Crippen molar-refractivity contribution in [2.75, 3.05) is 20.8 Å². The summed E-state index contributed by atoms with van der Waals surface area (Å²) in [5, 5.41) is 2.58. The summed E-state index contributed by atoms with van der Waals surface area (Å²) in [7, 11) is 2.99. The molecule has 0 aliphatic heterocycles. The summed E-state index contributed by atoms with van der Waals surface area (Å²) in [6.45, 7) is 1.87. The number of benzene rings is 2. The Hall–Kier alpha value is -3.49. The van der Waals surface area contributed by atoms with E-state index in [1.54, 1.807) is 37.3 Å². The van der Waals surface area contributed by atoms with Crippen LogP contribution in [0.3, 0.4) is 0 Å². The van der Waals surface area contributed by atoms with E-state index in [1.807, 2.05) is 0 Å². The third-order valence-electron chi connectivity index (χ3n) is 5.43. The molecule has 33 heavy (non-hydrogen) atoms. The molecule has 1 aliphatic carbocycles. The molecule has 3 atom stereocenters. The highest BCUT2D eigenvalue weighted by Gasteiger charge is 2.36. The highest BCUT2D eigenvalue weighted by atomic mass is 19.2. The van der Waals surface area contributed by atoms with Gasteiger partial charge in [0.2, 0.25) is 0 Å². The van der Waals surface area contributed by atoms with Gasteiger partial charge in [-0.15, -0.1) is 0 Å². The Morgan fingerprint density at radius 1 is 1.03 bits per heavy atom. The van der Waals surface area contributed by atoms with Crippen LogP contribution in [0, 0.1) is 23.4 Å². The fourth-order valence-electron chi connectivity index (χ4n) is 3.87. The number of methoxy groups -OCH3 is 2. The highest BCUT2D eigenvalue weighted by Crippen LogP contribution is 2.40. The number of rotatable bonds is 8. The van der Waals surface area contributed by atoms with Crippen LogP contribution in [0.25, 0.3) is 0 Å². The number of carbonyl (C=O) groups excluding carboxylic acids is 2. The lowest BCUT2D eigenvalue weighted by Gasteiger charge is -2.24. The molecule has 0 saturated heterocycles. The molecule has 0 heterocycles. The molecule has 2 aromatic carbocycles. The first-order valence-corrected chi connectivity index (χ1v) is 10.3. The van der Waals surface area contributed by atoms with Crippen LogP contribution in [0.5, 0.6) is 11.5 Å². The van der Waals surface area contributed by atoms with Gasteiger partial charge in [0.05, 0.1) is 32.3 Å². The van der Waals surface area contributed by atoms with Gasteiger partial charge in [0, 0.05) is 17.7 Å². The number of allylic oxidation sites excluding steroid dienone is 1. The Kier molecular flexibility index (Phi) is 7.63. The highest BCUT2D eigenvalue weighted by molar-refractivity contribution is 5.94. The summed E-state index contributed by atoms with van der Waals surface area (Å²) in [6.07, 6.45) is 3.72. The summed E-state index contributed by atoms with van der Waals surface area (Å²) in [6, 6.07) is 5.35. The van der Waals surface area contributed by atoms with Crippen molar-refractivity contribution in [3.63, 3.8) is 0 Å². The zero-order valence-corrected chi connectivity index (χ0v) is 18.4. The number of halogens is 3. The molecule has 9 heteroatoms. The van der Waals surface area contributed by atoms with Gasteiger partial charge >= 0.3 is 5.97 Å². The second-order valence-corrected chi connectivity index (χ2v) is 7.45. The Labute approximate surface area is 189 Å². The topological polar surface area (TPSA) is 73.9 Å². The molecule has 1 N–H and O–H groups in total. The van der Waals surface area contributed by atoms with Crippen molar-refractivity contribution in [3.05, 3.63) is 71.1 Å². The lowest BCUT2D eigenvalue weighted by Crippen LogP contribution is -2.34. The van der Waals surface area contributed by atoms with Crippen LogP contribution in [0.2, 0.25) is 0 Å². The van der Waals surface area contributed by atoms with Crippen LogP contribution in [0.15, 0.2) is 42.5 Å². The zero-order valence-electron chi connectivity index (χ0n) is 18.4. The van der Waals surface area contributed by atoms with Crippen molar-refractivity contribution >= 4 is 11.9 Å². The normalized spacial score (nSPS) is 18.0. The van der Waals surface area contributed by atoms with E-state index >= 15 is 0 Å². The number of esters is 1. The van der Waals surface area contributed by atoms with E-state index in [9.17, 15) is 22.8 Å². The Balaban J connectivity index is 1.83. The van der Waals surface area contributed by atoms with Gasteiger partial charge in [0.1, 0.15) is 17.3 Å². The monoisotopic (exact) mass is 463 g/mol. The van der Waals surface area contributed by atoms with Gasteiger partial charge in [-0.1, -0.05) is 12.2 Å². The van der Waals surface area contributed by atoms with Gasteiger partial charge in [0.25, 0.3) is 5.91 Å². The largest absolute Gasteiger partial charge is 0.497 e. The third-order valence-corrected chi connectivity index (χ3v) is 5.43. The van der Waals surface area contributed by atoms with Gasteiger partial charge in [0.15, 0.2) is 11.6 Å². The molecule has 1 amide bonds. The van der Waals surface area contributed by atoms with Crippen molar-refractivity contribution in [2.24, 2.45) is 5.92 Å². The average molecular weight is 463 g/mol. The molecular weight excluding hydrogens is 439 g/mol. The predicted octanol–water partition coefficient (Wildman–Crippen LogP) is 4.14. The molecule has 0 fully saturated rings. The number of nitrogens with one attached hydrogen (secondary N) is 1. The van der Waals surface area contributed by atoms with E-state index < -0.39 is 46.9 Å². The number of hydrogen-bond acceptors (Lipinski definition) is 5. The van der Waals surface area contributed by atoms with Crippen LogP contribution in [-0.4, -0.2) is 38.7 Å². The minimum absolute atomic E-state index is 0.174. The van der Waals surface area contributed by atoms with Crippen molar-refractivity contribution in [1.29, 1.82) is 0 Å². The maximum absolute atomic E-state index is 14.0. The average Bonchev–Trinajstić information content (AvgIpc) is 3.24. The maximum Gasteiger partial charge on any atom is 0.314 e. The van der Waals surface area contributed by atoms with E-state index in [1.165, 1.54) is 14.2 Å². The summed E-state index contributed by atoms with van der Waals surface area (Å²) in [5.74, 6) is -5.39. The Bertz CT molecular complexity index is 1070. The van der Waals surface area contributed by atoms with Gasteiger partial charge in [-0.25, -0.2) is 13.2 Å². The van der Waals surface area contributed by atoms with Crippen molar-refractivity contribution in [2.45, 2.75) is 25.3 Å². The smallest absolute Gasteiger partial charge is 0.314 e. The fraction of sp³-hybridized carbons (Fsp3) is 0.333. The molecule has 3 rings (SSSR count). The first-order valence-electron chi connectivity index (χ1n) is 10.3. The summed E-state index contributed by atoms with van der Waals surface area (Å²) in [5.41, 5.74) is -0.0502. The second kappa shape index (κ2) is 10.4. The molecule has 6 nitrogen and oxygen atoms in total. The molecule has 0 spiro atoms. The maximum atomic E-state index is 14.0. The van der Waals surface area contributed by atoms with Crippen molar-refractivity contribution < 1.29 is 37.0 Å². The second-order valence-electron chi connectivity index (χ2n) is 7.45. The van der Waals surface area contributed by atoms with Crippen LogP contribution < -0.4 is 14.8 Å². The number of carbonyl (C=O) groups is 2. The van der Waals surface area contributed by atoms with Crippen LogP contribution in [-0.2, 0) is 9.53 Å². The molecular formula is C24H24F3NO5. The zero-order chi connectivity index (χ0) is 24.1. The van der Waals surface area contributed by atoms with E-state index in [-0.39, 0.29) is 12.5 Å². The van der Waals surface area contributed by atoms with Crippen LogP contribution >= 0.6 is 0 Å². The first kappa shape index (κ1) is 24.2. The van der Waals surface area contributed by atoms with Crippen LogP contribution in [0.4, 0.5) is 13.2 Å². The van der Waals surface area contributed by atoms with Gasteiger partial charge < -0.3 is 19.5 Å². The number of ether oxygens (including phenoxy) is 3. The van der Waals surface area contributed by atoms with E-state index in [0.29, 0.717) is 35.6 Å². The Morgan fingerprint density at radius 3 is 2.42 bits per heavy atom. The van der Waals surface area contributed by atoms with Crippen molar-refractivity contribution in [3.8, 4) is 11.5 Å². The molecule has 0 saturated carbocycles. The lowest BCUT2D eigenvalue weighted by molar-refractivity contribution is -0.146. The molecule has 0 bridgehead atoms. The van der Waals surface area contributed by atoms with E-state index in [2.05, 4.69) is 5.32 Å².